The Bertz CT molecular complexity index is 298. The summed E-state index contributed by atoms with van der Waals surface area (Å²) in [6, 6.07) is 0.269. The van der Waals surface area contributed by atoms with Gasteiger partial charge in [0.15, 0.2) is 0 Å². The van der Waals surface area contributed by atoms with Gasteiger partial charge in [0.25, 0.3) is 0 Å². The normalized spacial score (nSPS) is 19.6. The van der Waals surface area contributed by atoms with Crippen molar-refractivity contribution in [2.75, 3.05) is 0 Å². The van der Waals surface area contributed by atoms with Gasteiger partial charge in [0.05, 0.1) is 0 Å². The number of rotatable bonds is 4. The molecule has 0 bridgehead atoms. The van der Waals surface area contributed by atoms with Crippen LogP contribution in [0.5, 0.6) is 0 Å². The van der Waals surface area contributed by atoms with Crippen LogP contribution in [0.25, 0.3) is 0 Å². The molecule has 3 nitrogen and oxygen atoms in total. The molecule has 0 spiro atoms. The van der Waals surface area contributed by atoms with Crippen LogP contribution >= 0.6 is 0 Å². The third-order valence-electron chi connectivity index (χ3n) is 3.28. The van der Waals surface area contributed by atoms with E-state index in [0.29, 0.717) is 0 Å². The molecular formula is C12H21N3. The van der Waals surface area contributed by atoms with Gasteiger partial charge in [0, 0.05) is 30.3 Å². The molecule has 3 heteroatoms. The van der Waals surface area contributed by atoms with Gasteiger partial charge >= 0.3 is 0 Å². The van der Waals surface area contributed by atoms with E-state index < -0.39 is 0 Å². The van der Waals surface area contributed by atoms with Crippen LogP contribution in [0.2, 0.25) is 0 Å². The van der Waals surface area contributed by atoms with E-state index in [0.717, 1.165) is 24.6 Å². The predicted molar refractivity (Wildman–Crippen MR) is 61.8 cm³/mol. The standard InChI is InChI=1S/C12H21N3/c1-9(13)6-7-12-14-8-11(15-12)10-4-2-3-5-10/h8-10H,2-7,13H2,1H3,(H,14,15). The summed E-state index contributed by atoms with van der Waals surface area (Å²) in [5, 5.41) is 0. The van der Waals surface area contributed by atoms with Gasteiger partial charge in [-0.25, -0.2) is 4.98 Å². The number of hydrogen-bond donors (Lipinski definition) is 2. The van der Waals surface area contributed by atoms with Gasteiger partial charge in [0.2, 0.25) is 0 Å². The molecule has 0 amide bonds. The molecule has 1 atom stereocenters. The fourth-order valence-corrected chi connectivity index (χ4v) is 2.31. The summed E-state index contributed by atoms with van der Waals surface area (Å²) in [5.74, 6) is 1.84. The molecule has 1 aliphatic rings. The zero-order valence-electron chi connectivity index (χ0n) is 9.50. The zero-order chi connectivity index (χ0) is 10.7. The Balaban J connectivity index is 1.91. The highest BCUT2D eigenvalue weighted by atomic mass is 14.9. The summed E-state index contributed by atoms with van der Waals surface area (Å²) >= 11 is 0. The first kappa shape index (κ1) is 10.7. The van der Waals surface area contributed by atoms with Gasteiger partial charge in [-0.2, -0.15) is 0 Å². The Morgan fingerprint density at radius 1 is 1.53 bits per heavy atom. The second-order valence-corrected chi connectivity index (χ2v) is 4.78. The lowest BCUT2D eigenvalue weighted by Crippen LogP contribution is -2.15. The number of nitrogens with one attached hydrogen (secondary N) is 1. The minimum absolute atomic E-state index is 0.269. The molecule has 0 saturated heterocycles. The van der Waals surface area contributed by atoms with E-state index in [1.54, 1.807) is 0 Å². The molecule has 0 radical (unpaired) electrons. The predicted octanol–water partition coefficient (Wildman–Crippen LogP) is 2.35. The molecule has 84 valence electrons. The summed E-state index contributed by atoms with van der Waals surface area (Å²) in [6.45, 7) is 2.04. The van der Waals surface area contributed by atoms with Gasteiger partial charge < -0.3 is 10.7 Å². The zero-order valence-corrected chi connectivity index (χ0v) is 9.50. The van der Waals surface area contributed by atoms with Crippen molar-refractivity contribution in [3.05, 3.63) is 17.7 Å². The monoisotopic (exact) mass is 207 g/mol. The second-order valence-electron chi connectivity index (χ2n) is 4.78. The van der Waals surface area contributed by atoms with E-state index in [2.05, 4.69) is 9.97 Å². The van der Waals surface area contributed by atoms with E-state index >= 15 is 0 Å². The Morgan fingerprint density at radius 3 is 2.93 bits per heavy atom. The highest BCUT2D eigenvalue weighted by Crippen LogP contribution is 2.32. The molecule has 1 fully saturated rings. The van der Waals surface area contributed by atoms with Crippen LogP contribution in [-0.2, 0) is 6.42 Å². The molecule has 2 rings (SSSR count). The fraction of sp³-hybridized carbons (Fsp3) is 0.750. The van der Waals surface area contributed by atoms with Crippen molar-refractivity contribution in [2.45, 2.75) is 57.4 Å². The molecule has 1 unspecified atom stereocenters. The number of aromatic amines is 1. The summed E-state index contributed by atoms with van der Waals surface area (Å²) < 4.78 is 0. The Morgan fingerprint density at radius 2 is 2.27 bits per heavy atom. The van der Waals surface area contributed by atoms with Crippen molar-refractivity contribution in [3.63, 3.8) is 0 Å². The summed E-state index contributed by atoms with van der Waals surface area (Å²) in [6.07, 6.45) is 9.41. The number of aryl methyl sites for hydroxylation is 1. The lowest BCUT2D eigenvalue weighted by molar-refractivity contribution is 0.646. The average Bonchev–Trinajstić information content (AvgIpc) is 2.85. The van der Waals surface area contributed by atoms with Crippen LogP contribution in [-0.4, -0.2) is 16.0 Å². The lowest BCUT2D eigenvalue weighted by atomic mass is 10.1. The molecule has 1 heterocycles. The number of H-pyrrole nitrogens is 1. The minimum Gasteiger partial charge on any atom is -0.346 e. The SMILES string of the molecule is CC(N)CCc1ncc(C2CCCC2)[nH]1. The molecule has 1 aromatic heterocycles. The van der Waals surface area contributed by atoms with Crippen LogP contribution in [0, 0.1) is 0 Å². The van der Waals surface area contributed by atoms with E-state index in [-0.39, 0.29) is 6.04 Å². The molecular weight excluding hydrogens is 186 g/mol. The number of hydrogen-bond acceptors (Lipinski definition) is 2. The van der Waals surface area contributed by atoms with Gasteiger partial charge in [-0.05, 0) is 26.2 Å². The van der Waals surface area contributed by atoms with Gasteiger partial charge in [0.1, 0.15) is 5.82 Å². The molecule has 0 aliphatic heterocycles. The van der Waals surface area contributed by atoms with Crippen LogP contribution in [0.3, 0.4) is 0 Å². The van der Waals surface area contributed by atoms with Gasteiger partial charge in [-0.3, -0.25) is 0 Å². The number of aromatic nitrogens is 2. The Hall–Kier alpha value is -0.830. The Labute approximate surface area is 91.5 Å². The molecule has 0 aromatic carbocycles. The van der Waals surface area contributed by atoms with Crippen LogP contribution in [0.1, 0.15) is 56.5 Å². The largest absolute Gasteiger partial charge is 0.346 e. The molecule has 1 aliphatic carbocycles. The van der Waals surface area contributed by atoms with E-state index in [1.165, 1.54) is 31.4 Å². The number of nitrogens with zero attached hydrogens (tertiary/aromatic N) is 1. The summed E-state index contributed by atoms with van der Waals surface area (Å²) in [4.78, 5) is 7.87. The Kier molecular flexibility index (Phi) is 3.41. The van der Waals surface area contributed by atoms with Crippen molar-refractivity contribution in [3.8, 4) is 0 Å². The molecule has 1 aromatic rings. The highest BCUT2D eigenvalue weighted by Gasteiger charge is 2.18. The second kappa shape index (κ2) is 4.79. The van der Waals surface area contributed by atoms with E-state index in [4.69, 9.17) is 5.73 Å². The van der Waals surface area contributed by atoms with Crippen molar-refractivity contribution < 1.29 is 0 Å². The minimum atomic E-state index is 0.269. The van der Waals surface area contributed by atoms with Crippen molar-refractivity contribution >= 4 is 0 Å². The van der Waals surface area contributed by atoms with Crippen LogP contribution < -0.4 is 5.73 Å². The van der Waals surface area contributed by atoms with Crippen molar-refractivity contribution in [2.24, 2.45) is 5.73 Å². The summed E-state index contributed by atoms with van der Waals surface area (Å²) in [5.41, 5.74) is 7.07. The van der Waals surface area contributed by atoms with Crippen LogP contribution in [0.4, 0.5) is 0 Å². The number of imidazole rings is 1. The lowest BCUT2D eigenvalue weighted by Gasteiger charge is -2.05. The quantitative estimate of drug-likeness (QED) is 0.796. The van der Waals surface area contributed by atoms with E-state index in [1.807, 2.05) is 13.1 Å². The van der Waals surface area contributed by atoms with Crippen molar-refractivity contribution in [1.82, 2.24) is 9.97 Å². The maximum absolute atomic E-state index is 5.73. The number of nitrogens with two attached hydrogens (primary N) is 1. The fourth-order valence-electron chi connectivity index (χ4n) is 2.31. The first-order valence-corrected chi connectivity index (χ1v) is 6.05. The highest BCUT2D eigenvalue weighted by molar-refractivity contribution is 5.09. The first-order chi connectivity index (χ1) is 7.25. The average molecular weight is 207 g/mol. The first-order valence-electron chi connectivity index (χ1n) is 6.05. The van der Waals surface area contributed by atoms with Crippen LogP contribution in [0.15, 0.2) is 6.20 Å². The third kappa shape index (κ3) is 2.81. The molecule has 1 saturated carbocycles. The third-order valence-corrected chi connectivity index (χ3v) is 3.28. The molecule has 15 heavy (non-hydrogen) atoms. The smallest absolute Gasteiger partial charge is 0.106 e. The van der Waals surface area contributed by atoms with Crippen molar-refractivity contribution in [1.29, 1.82) is 0 Å². The van der Waals surface area contributed by atoms with Gasteiger partial charge in [-0.1, -0.05) is 12.8 Å². The van der Waals surface area contributed by atoms with E-state index in [9.17, 15) is 0 Å². The van der Waals surface area contributed by atoms with Gasteiger partial charge in [-0.15, -0.1) is 0 Å². The summed E-state index contributed by atoms with van der Waals surface area (Å²) in [7, 11) is 0. The topological polar surface area (TPSA) is 54.7 Å². The maximum atomic E-state index is 5.73. The maximum Gasteiger partial charge on any atom is 0.106 e. The molecule has 3 N–H and O–H groups in total.